The van der Waals surface area contributed by atoms with E-state index in [2.05, 4.69) is 10.3 Å². The number of rotatable bonds is 8. The summed E-state index contributed by atoms with van der Waals surface area (Å²) in [4.78, 5) is 16.9. The fraction of sp³-hybridized carbons (Fsp3) is 0.217. The number of hydrogen-bond acceptors (Lipinski definition) is 6. The molecular formula is C23H23N3O4S2. The van der Waals surface area contributed by atoms with Gasteiger partial charge in [-0.05, 0) is 49.2 Å². The number of sulfonamides is 1. The summed E-state index contributed by atoms with van der Waals surface area (Å²) in [7, 11) is -3.49. The molecule has 3 aromatic rings. The molecule has 1 N–H and O–H groups in total. The van der Waals surface area contributed by atoms with Crippen LogP contribution in [0.4, 0.5) is 5.69 Å². The number of ether oxygens (including phenoxy) is 1. The lowest BCUT2D eigenvalue weighted by molar-refractivity contribution is -0.113. The van der Waals surface area contributed by atoms with Crippen molar-refractivity contribution in [3.8, 4) is 11.5 Å². The summed E-state index contributed by atoms with van der Waals surface area (Å²) in [6.07, 6.45) is 3.13. The lowest BCUT2D eigenvalue weighted by Gasteiger charge is -2.15. The van der Waals surface area contributed by atoms with Gasteiger partial charge in [-0.15, -0.1) is 0 Å². The highest BCUT2D eigenvalue weighted by atomic mass is 32.2. The van der Waals surface area contributed by atoms with E-state index in [1.807, 2.05) is 42.5 Å². The number of thioether (sulfide) groups is 1. The summed E-state index contributed by atoms with van der Waals surface area (Å²) in [5.74, 6) is 1.14. The Kier molecular flexibility index (Phi) is 7.09. The van der Waals surface area contributed by atoms with E-state index in [0.717, 1.165) is 12.8 Å². The van der Waals surface area contributed by atoms with Crippen LogP contribution in [0.1, 0.15) is 12.8 Å². The van der Waals surface area contributed by atoms with E-state index in [-0.39, 0.29) is 16.6 Å². The Morgan fingerprint density at radius 1 is 1.00 bits per heavy atom. The molecule has 1 aliphatic heterocycles. The maximum absolute atomic E-state index is 12.6. The molecule has 1 amide bonds. The Hall–Kier alpha value is -2.88. The van der Waals surface area contributed by atoms with Crippen LogP contribution in [0.2, 0.25) is 0 Å². The van der Waals surface area contributed by atoms with Crippen LogP contribution >= 0.6 is 11.8 Å². The molecule has 2 heterocycles. The second-order valence-corrected chi connectivity index (χ2v) is 10.1. The van der Waals surface area contributed by atoms with Crippen molar-refractivity contribution in [1.82, 2.24) is 9.29 Å². The molecule has 32 heavy (non-hydrogen) atoms. The molecule has 1 saturated heterocycles. The molecule has 0 spiro atoms. The van der Waals surface area contributed by atoms with Gasteiger partial charge >= 0.3 is 0 Å². The van der Waals surface area contributed by atoms with Crippen molar-refractivity contribution < 1.29 is 17.9 Å². The van der Waals surface area contributed by atoms with Gasteiger partial charge in [-0.1, -0.05) is 42.1 Å². The second kappa shape index (κ2) is 10.2. The van der Waals surface area contributed by atoms with E-state index in [1.54, 1.807) is 24.3 Å². The predicted molar refractivity (Wildman–Crippen MR) is 125 cm³/mol. The maximum atomic E-state index is 12.6. The van der Waals surface area contributed by atoms with Crippen molar-refractivity contribution in [3.05, 3.63) is 72.9 Å². The Morgan fingerprint density at radius 3 is 2.44 bits per heavy atom. The van der Waals surface area contributed by atoms with Crippen LogP contribution in [0.3, 0.4) is 0 Å². The quantitative estimate of drug-likeness (QED) is 0.492. The molecule has 7 nitrogen and oxygen atoms in total. The monoisotopic (exact) mass is 469 g/mol. The third kappa shape index (κ3) is 5.48. The number of aromatic nitrogens is 1. The van der Waals surface area contributed by atoms with E-state index in [0.29, 0.717) is 35.3 Å². The summed E-state index contributed by atoms with van der Waals surface area (Å²) < 4.78 is 32.5. The molecule has 2 aromatic carbocycles. The topological polar surface area (TPSA) is 88.6 Å². The largest absolute Gasteiger partial charge is 0.455 e. The first-order valence-electron chi connectivity index (χ1n) is 10.2. The molecule has 0 bridgehead atoms. The average molecular weight is 470 g/mol. The van der Waals surface area contributed by atoms with Gasteiger partial charge in [-0.25, -0.2) is 13.4 Å². The lowest BCUT2D eigenvalue weighted by atomic mass is 10.3. The summed E-state index contributed by atoms with van der Waals surface area (Å²) in [6.45, 7) is 1.10. The summed E-state index contributed by atoms with van der Waals surface area (Å²) >= 11 is 1.24. The third-order valence-corrected chi connectivity index (χ3v) is 7.72. The Morgan fingerprint density at radius 2 is 1.72 bits per heavy atom. The van der Waals surface area contributed by atoms with Crippen molar-refractivity contribution in [1.29, 1.82) is 0 Å². The van der Waals surface area contributed by atoms with Crippen molar-refractivity contribution >= 4 is 33.4 Å². The third-order valence-electron chi connectivity index (χ3n) is 4.90. The molecule has 1 aromatic heterocycles. The van der Waals surface area contributed by atoms with Gasteiger partial charge in [0.1, 0.15) is 10.6 Å². The lowest BCUT2D eigenvalue weighted by Crippen LogP contribution is -2.27. The molecule has 0 aliphatic carbocycles. The number of amides is 1. The van der Waals surface area contributed by atoms with Gasteiger partial charge in [0.2, 0.25) is 15.9 Å². The number of anilines is 1. The fourth-order valence-electron chi connectivity index (χ4n) is 3.28. The smallest absolute Gasteiger partial charge is 0.244 e. The number of benzene rings is 2. The Balaban J connectivity index is 1.35. The Labute approximate surface area is 191 Å². The van der Waals surface area contributed by atoms with Gasteiger partial charge < -0.3 is 10.1 Å². The highest BCUT2D eigenvalue weighted by Crippen LogP contribution is 2.29. The fourth-order valence-corrected chi connectivity index (χ4v) is 5.39. The number of carbonyl (C=O) groups excluding carboxylic acids is 1. The molecule has 1 aliphatic rings. The van der Waals surface area contributed by atoms with Crippen LogP contribution in [0, 0.1) is 0 Å². The first-order valence-corrected chi connectivity index (χ1v) is 12.7. The van der Waals surface area contributed by atoms with Gasteiger partial charge in [0.05, 0.1) is 16.5 Å². The van der Waals surface area contributed by atoms with Crippen molar-refractivity contribution in [3.63, 3.8) is 0 Å². The maximum Gasteiger partial charge on any atom is 0.244 e. The van der Waals surface area contributed by atoms with Crippen LogP contribution in [-0.2, 0) is 14.8 Å². The van der Waals surface area contributed by atoms with Crippen molar-refractivity contribution in [2.75, 3.05) is 24.2 Å². The molecule has 1 fully saturated rings. The average Bonchev–Trinajstić information content (AvgIpc) is 3.36. The number of pyridine rings is 1. The molecule has 0 radical (unpaired) electrons. The summed E-state index contributed by atoms with van der Waals surface area (Å²) in [5.41, 5.74) is 0.571. The summed E-state index contributed by atoms with van der Waals surface area (Å²) in [5, 5.41) is 3.44. The number of nitrogens with zero attached hydrogens (tertiary/aromatic N) is 2. The standard InChI is InChI=1S/C23H23N3O4S2/c27-22(25-20-10-4-5-11-21(20)30-18-8-2-1-3-9-18)17-31-23-13-12-19(16-24-23)32(28,29)26-14-6-7-15-26/h1-5,8-13,16H,6-7,14-15,17H2,(H,25,27). The molecule has 9 heteroatoms. The molecule has 0 saturated carbocycles. The minimum Gasteiger partial charge on any atom is -0.455 e. The highest BCUT2D eigenvalue weighted by molar-refractivity contribution is 7.99. The van der Waals surface area contributed by atoms with Crippen LogP contribution in [0.15, 0.2) is 82.8 Å². The minimum atomic E-state index is -3.49. The van der Waals surface area contributed by atoms with Gasteiger partial charge in [0, 0.05) is 19.3 Å². The van der Waals surface area contributed by atoms with Crippen LogP contribution in [0.25, 0.3) is 0 Å². The van der Waals surface area contributed by atoms with E-state index in [1.165, 1.54) is 22.3 Å². The van der Waals surface area contributed by atoms with Crippen molar-refractivity contribution in [2.45, 2.75) is 22.8 Å². The zero-order valence-electron chi connectivity index (χ0n) is 17.3. The van der Waals surface area contributed by atoms with Gasteiger partial charge in [-0.3, -0.25) is 4.79 Å². The molecule has 166 valence electrons. The minimum absolute atomic E-state index is 0.130. The van der Waals surface area contributed by atoms with Crippen molar-refractivity contribution in [2.24, 2.45) is 0 Å². The molecule has 4 rings (SSSR count). The molecule has 0 unspecified atom stereocenters. The van der Waals surface area contributed by atoms with E-state index < -0.39 is 10.0 Å². The predicted octanol–water partition coefficient (Wildman–Crippen LogP) is 4.39. The number of nitrogens with one attached hydrogen (secondary N) is 1. The Bertz CT molecular complexity index is 1160. The van der Waals surface area contributed by atoms with Gasteiger partial charge in [-0.2, -0.15) is 4.31 Å². The first-order chi connectivity index (χ1) is 15.5. The number of para-hydroxylation sites is 3. The van der Waals surface area contributed by atoms with Crippen LogP contribution in [-0.4, -0.2) is 42.5 Å². The van der Waals surface area contributed by atoms with Crippen LogP contribution < -0.4 is 10.1 Å². The normalized spacial score (nSPS) is 14.2. The SMILES string of the molecule is O=C(CSc1ccc(S(=O)(=O)N2CCCC2)cn1)Nc1ccccc1Oc1ccccc1. The zero-order chi connectivity index (χ0) is 22.4. The highest BCUT2D eigenvalue weighted by Gasteiger charge is 2.27. The molecule has 0 atom stereocenters. The van der Waals surface area contributed by atoms with Gasteiger partial charge in [0.25, 0.3) is 0 Å². The van der Waals surface area contributed by atoms with Crippen LogP contribution in [0.5, 0.6) is 11.5 Å². The van der Waals surface area contributed by atoms with E-state index >= 15 is 0 Å². The summed E-state index contributed by atoms with van der Waals surface area (Å²) in [6, 6.07) is 19.7. The van der Waals surface area contributed by atoms with E-state index in [9.17, 15) is 13.2 Å². The first kappa shape index (κ1) is 22.3. The number of hydrogen-bond donors (Lipinski definition) is 1. The molecular weight excluding hydrogens is 446 g/mol. The number of carbonyl (C=O) groups is 1. The second-order valence-electron chi connectivity index (χ2n) is 7.19. The van der Waals surface area contributed by atoms with E-state index in [4.69, 9.17) is 4.74 Å². The van der Waals surface area contributed by atoms with Gasteiger partial charge in [0.15, 0.2) is 5.75 Å². The zero-order valence-corrected chi connectivity index (χ0v) is 18.9.